The molecule has 0 bridgehead atoms. The van der Waals surface area contributed by atoms with Crippen LogP contribution in [0.4, 0.5) is 13.2 Å². The Kier molecular flexibility index (Phi) is 4.03. The molecule has 0 amide bonds. The number of aromatic amines is 1. The number of nitrogens with one attached hydrogen (secondary N) is 1. The van der Waals surface area contributed by atoms with Gasteiger partial charge >= 0.3 is 6.18 Å². The van der Waals surface area contributed by atoms with Crippen molar-refractivity contribution < 1.29 is 13.2 Å². The van der Waals surface area contributed by atoms with Gasteiger partial charge in [0.15, 0.2) is 0 Å². The van der Waals surface area contributed by atoms with Gasteiger partial charge in [-0.25, -0.2) is 0 Å². The summed E-state index contributed by atoms with van der Waals surface area (Å²) in [7, 11) is 0. The molecular weight excluding hydrogens is 320 g/mol. The van der Waals surface area contributed by atoms with Crippen molar-refractivity contribution in [2.24, 2.45) is 0 Å². The number of aromatic nitrogens is 2. The Morgan fingerprint density at radius 2 is 1.79 bits per heavy atom. The van der Waals surface area contributed by atoms with Gasteiger partial charge in [-0.1, -0.05) is 23.2 Å². The first-order valence-corrected chi connectivity index (χ1v) is 6.96. The first-order valence-electron chi connectivity index (χ1n) is 4.98. The Hall–Kier alpha value is -0.850. The second kappa shape index (κ2) is 5.26. The molecular formula is C11H7Cl2F3N2S. The Bertz CT molecular complexity index is 587. The van der Waals surface area contributed by atoms with Gasteiger partial charge < -0.3 is 0 Å². The molecule has 0 aliphatic heterocycles. The van der Waals surface area contributed by atoms with Crippen molar-refractivity contribution >= 4 is 35.0 Å². The Morgan fingerprint density at radius 1 is 1.21 bits per heavy atom. The van der Waals surface area contributed by atoms with Gasteiger partial charge in [-0.05, 0) is 18.4 Å². The van der Waals surface area contributed by atoms with Gasteiger partial charge in [-0.2, -0.15) is 18.3 Å². The molecule has 1 aromatic carbocycles. The molecule has 0 fully saturated rings. The van der Waals surface area contributed by atoms with Gasteiger partial charge in [0.2, 0.25) is 0 Å². The number of rotatable bonds is 2. The summed E-state index contributed by atoms with van der Waals surface area (Å²) < 4.78 is 37.9. The Labute approximate surface area is 121 Å². The summed E-state index contributed by atoms with van der Waals surface area (Å²) in [5.74, 6) is 0. The maximum atomic E-state index is 12.6. The van der Waals surface area contributed by atoms with E-state index in [9.17, 15) is 13.2 Å². The molecule has 0 aliphatic carbocycles. The molecule has 0 unspecified atom stereocenters. The maximum Gasteiger partial charge on any atom is 0.416 e. The van der Waals surface area contributed by atoms with Crippen molar-refractivity contribution in [1.82, 2.24) is 10.2 Å². The zero-order valence-electron chi connectivity index (χ0n) is 9.48. The predicted molar refractivity (Wildman–Crippen MR) is 70.8 cm³/mol. The van der Waals surface area contributed by atoms with Crippen LogP contribution in [0.3, 0.4) is 0 Å². The number of benzene rings is 1. The third-order valence-electron chi connectivity index (χ3n) is 2.44. The average molecular weight is 327 g/mol. The van der Waals surface area contributed by atoms with Crippen LogP contribution in [-0.2, 0) is 6.18 Å². The molecule has 0 spiro atoms. The number of nitrogens with zero attached hydrogens (tertiary/aromatic N) is 1. The van der Waals surface area contributed by atoms with E-state index >= 15 is 0 Å². The van der Waals surface area contributed by atoms with Gasteiger partial charge in [0.05, 0.1) is 32.4 Å². The highest BCUT2D eigenvalue weighted by molar-refractivity contribution is 7.98. The van der Waals surface area contributed by atoms with Crippen LogP contribution in [0.2, 0.25) is 10.0 Å². The van der Waals surface area contributed by atoms with Crippen molar-refractivity contribution in [3.63, 3.8) is 0 Å². The third-order valence-corrected chi connectivity index (χ3v) is 3.79. The molecule has 0 saturated carbocycles. The van der Waals surface area contributed by atoms with Crippen LogP contribution in [-0.4, -0.2) is 16.5 Å². The maximum absolute atomic E-state index is 12.6. The van der Waals surface area contributed by atoms with Crippen molar-refractivity contribution in [1.29, 1.82) is 0 Å². The third kappa shape index (κ3) is 2.85. The first-order chi connectivity index (χ1) is 8.84. The summed E-state index contributed by atoms with van der Waals surface area (Å²) in [4.78, 5) is 0.753. The molecule has 19 heavy (non-hydrogen) atoms. The molecule has 1 heterocycles. The summed E-state index contributed by atoms with van der Waals surface area (Å²) >= 11 is 13.2. The molecule has 2 aromatic rings. The second-order valence-electron chi connectivity index (χ2n) is 3.63. The molecule has 0 aliphatic rings. The molecule has 2 nitrogen and oxygen atoms in total. The molecule has 0 atom stereocenters. The van der Waals surface area contributed by atoms with Gasteiger partial charge in [0, 0.05) is 5.56 Å². The van der Waals surface area contributed by atoms with Crippen LogP contribution in [0, 0.1) is 0 Å². The van der Waals surface area contributed by atoms with E-state index < -0.39 is 11.7 Å². The van der Waals surface area contributed by atoms with E-state index in [1.54, 1.807) is 6.20 Å². The minimum absolute atomic E-state index is 0.0700. The molecule has 0 radical (unpaired) electrons. The first kappa shape index (κ1) is 14.6. The lowest BCUT2D eigenvalue weighted by atomic mass is 10.1. The van der Waals surface area contributed by atoms with Gasteiger partial charge in [-0.15, -0.1) is 11.8 Å². The quantitative estimate of drug-likeness (QED) is 0.775. The summed E-state index contributed by atoms with van der Waals surface area (Å²) in [5, 5.41) is 6.39. The minimum Gasteiger partial charge on any atom is -0.277 e. The van der Waals surface area contributed by atoms with Gasteiger partial charge in [0.1, 0.15) is 0 Å². The summed E-state index contributed by atoms with van der Waals surface area (Å²) in [5.41, 5.74) is -0.0501. The molecule has 1 aromatic heterocycles. The fraction of sp³-hybridized carbons (Fsp3) is 0.182. The number of hydrogen-bond acceptors (Lipinski definition) is 2. The number of hydrogen-bond donors (Lipinski definition) is 1. The second-order valence-corrected chi connectivity index (χ2v) is 5.29. The van der Waals surface area contributed by atoms with Crippen LogP contribution < -0.4 is 0 Å². The fourth-order valence-electron chi connectivity index (χ4n) is 1.58. The number of alkyl halides is 3. The van der Waals surface area contributed by atoms with Gasteiger partial charge in [0.25, 0.3) is 0 Å². The smallest absolute Gasteiger partial charge is 0.277 e. The average Bonchev–Trinajstić information content (AvgIpc) is 2.75. The highest BCUT2D eigenvalue weighted by Gasteiger charge is 2.32. The van der Waals surface area contributed by atoms with E-state index in [2.05, 4.69) is 10.2 Å². The lowest BCUT2D eigenvalue weighted by molar-refractivity contribution is -0.137. The Morgan fingerprint density at radius 3 is 2.26 bits per heavy atom. The number of halogens is 5. The lowest BCUT2D eigenvalue weighted by Crippen LogP contribution is -2.05. The normalized spacial score (nSPS) is 11.9. The molecule has 102 valence electrons. The highest BCUT2D eigenvalue weighted by Crippen LogP contribution is 2.42. The van der Waals surface area contributed by atoms with Crippen LogP contribution in [0.1, 0.15) is 5.56 Å². The Balaban J connectivity index is 2.61. The van der Waals surface area contributed by atoms with E-state index in [4.69, 9.17) is 23.2 Å². The van der Waals surface area contributed by atoms with Gasteiger partial charge in [-0.3, -0.25) is 5.10 Å². The molecule has 2 rings (SSSR count). The monoisotopic (exact) mass is 326 g/mol. The van der Waals surface area contributed by atoms with E-state index in [0.29, 0.717) is 11.3 Å². The standard InChI is InChI=1S/C11H7Cl2F3N2S/c1-19-8-4-17-18-10(8)9-6(12)2-5(3-7(9)13)11(14,15)16/h2-4H,1H3,(H,17,18). The predicted octanol–water partition coefficient (Wildman–Crippen LogP) is 5.12. The van der Waals surface area contributed by atoms with Crippen molar-refractivity contribution in [2.75, 3.05) is 6.26 Å². The van der Waals surface area contributed by atoms with Crippen molar-refractivity contribution in [2.45, 2.75) is 11.1 Å². The summed E-state index contributed by atoms with van der Waals surface area (Å²) in [6, 6.07) is 1.71. The SMILES string of the molecule is CSc1cn[nH]c1-c1c(Cl)cc(C(F)(F)F)cc1Cl. The van der Waals surface area contributed by atoms with E-state index in [1.165, 1.54) is 11.8 Å². The van der Waals surface area contributed by atoms with E-state index in [1.807, 2.05) is 6.26 Å². The number of H-pyrrole nitrogens is 1. The van der Waals surface area contributed by atoms with Crippen LogP contribution in [0.15, 0.2) is 23.2 Å². The number of thioether (sulfide) groups is 1. The van der Waals surface area contributed by atoms with Crippen molar-refractivity contribution in [3.05, 3.63) is 33.9 Å². The summed E-state index contributed by atoms with van der Waals surface area (Å²) in [6.07, 6.45) is -1.10. The van der Waals surface area contributed by atoms with E-state index in [0.717, 1.165) is 17.0 Å². The highest BCUT2D eigenvalue weighted by atomic mass is 35.5. The fourth-order valence-corrected chi connectivity index (χ4v) is 2.77. The van der Waals surface area contributed by atoms with Crippen LogP contribution in [0.25, 0.3) is 11.3 Å². The summed E-state index contributed by atoms with van der Waals surface area (Å²) in [6.45, 7) is 0. The topological polar surface area (TPSA) is 28.7 Å². The van der Waals surface area contributed by atoms with Crippen LogP contribution in [0.5, 0.6) is 0 Å². The van der Waals surface area contributed by atoms with Crippen molar-refractivity contribution in [3.8, 4) is 11.3 Å². The molecule has 1 N–H and O–H groups in total. The van der Waals surface area contributed by atoms with Crippen LogP contribution >= 0.6 is 35.0 Å². The lowest BCUT2D eigenvalue weighted by Gasteiger charge is -2.12. The largest absolute Gasteiger partial charge is 0.416 e. The zero-order chi connectivity index (χ0) is 14.2. The minimum atomic E-state index is -4.48. The molecule has 0 saturated heterocycles. The molecule has 8 heteroatoms. The van der Waals surface area contributed by atoms with E-state index in [-0.39, 0.29) is 10.0 Å². The zero-order valence-corrected chi connectivity index (χ0v) is 11.8.